The highest BCUT2D eigenvalue weighted by molar-refractivity contribution is 5.35. The second-order valence-electron chi connectivity index (χ2n) is 4.64. The van der Waals surface area contributed by atoms with E-state index in [4.69, 9.17) is 0 Å². The van der Waals surface area contributed by atoms with E-state index in [9.17, 15) is 10.2 Å². The van der Waals surface area contributed by atoms with Gasteiger partial charge in [0.25, 0.3) is 0 Å². The maximum Gasteiger partial charge on any atom is 0.115 e. The van der Waals surface area contributed by atoms with Gasteiger partial charge in [-0.3, -0.25) is 0 Å². The summed E-state index contributed by atoms with van der Waals surface area (Å²) in [6.45, 7) is 1.80. The van der Waals surface area contributed by atoms with Crippen LogP contribution < -0.4 is 0 Å². The van der Waals surface area contributed by atoms with Crippen molar-refractivity contribution in [3.05, 3.63) is 65.7 Å². The number of aromatic hydroxyl groups is 1. The Morgan fingerprint density at radius 1 is 0.889 bits per heavy atom. The first-order chi connectivity index (χ1) is 8.66. The fourth-order valence-electron chi connectivity index (χ4n) is 2.20. The molecule has 94 valence electrons. The van der Waals surface area contributed by atoms with Crippen LogP contribution in [0.4, 0.5) is 0 Å². The maximum atomic E-state index is 9.65. The lowest BCUT2D eigenvalue weighted by Crippen LogP contribution is -2.10. The fraction of sp³-hybridized carbons (Fsp3) is 0.250. The number of benzene rings is 2. The number of phenols is 1. The van der Waals surface area contributed by atoms with Crippen LogP contribution in [0.5, 0.6) is 5.75 Å². The highest BCUT2D eigenvalue weighted by Crippen LogP contribution is 2.30. The summed E-state index contributed by atoms with van der Waals surface area (Å²) in [7, 11) is 0. The van der Waals surface area contributed by atoms with Gasteiger partial charge >= 0.3 is 0 Å². The van der Waals surface area contributed by atoms with Crippen molar-refractivity contribution in [1.29, 1.82) is 0 Å². The van der Waals surface area contributed by atoms with E-state index in [1.54, 1.807) is 19.1 Å². The van der Waals surface area contributed by atoms with Crippen LogP contribution in [0.1, 0.15) is 30.4 Å². The van der Waals surface area contributed by atoms with Crippen molar-refractivity contribution in [3.63, 3.8) is 0 Å². The molecular weight excluding hydrogens is 224 g/mol. The van der Waals surface area contributed by atoms with Crippen molar-refractivity contribution in [2.24, 2.45) is 0 Å². The zero-order chi connectivity index (χ0) is 13.0. The first-order valence-corrected chi connectivity index (χ1v) is 6.19. The molecule has 0 aromatic heterocycles. The predicted molar refractivity (Wildman–Crippen MR) is 72.7 cm³/mol. The van der Waals surface area contributed by atoms with Gasteiger partial charge in [-0.05, 0) is 36.6 Å². The van der Waals surface area contributed by atoms with Crippen molar-refractivity contribution < 1.29 is 10.2 Å². The summed E-state index contributed by atoms with van der Waals surface area (Å²) in [5.41, 5.74) is 2.30. The second-order valence-corrected chi connectivity index (χ2v) is 4.64. The number of rotatable bonds is 4. The zero-order valence-corrected chi connectivity index (χ0v) is 10.5. The SMILES string of the molecule is CC(O)CC(c1ccccc1)c1ccc(O)cc1. The summed E-state index contributed by atoms with van der Waals surface area (Å²) in [6, 6.07) is 17.3. The van der Waals surface area contributed by atoms with E-state index in [2.05, 4.69) is 12.1 Å². The lowest BCUT2D eigenvalue weighted by molar-refractivity contribution is 0.179. The number of phenolic OH excluding ortho intramolecular Hbond substituents is 1. The number of aliphatic hydroxyl groups excluding tert-OH is 1. The Hall–Kier alpha value is -1.80. The Morgan fingerprint density at radius 3 is 2.00 bits per heavy atom. The molecule has 2 heteroatoms. The van der Waals surface area contributed by atoms with Crippen LogP contribution in [-0.4, -0.2) is 16.3 Å². The average Bonchev–Trinajstić information content (AvgIpc) is 2.38. The summed E-state index contributed by atoms with van der Waals surface area (Å²) in [5, 5.41) is 19.0. The monoisotopic (exact) mass is 242 g/mol. The maximum absolute atomic E-state index is 9.65. The van der Waals surface area contributed by atoms with Crippen molar-refractivity contribution >= 4 is 0 Å². The van der Waals surface area contributed by atoms with Gasteiger partial charge in [-0.2, -0.15) is 0 Å². The Kier molecular flexibility index (Phi) is 4.00. The Bertz CT molecular complexity index is 474. The lowest BCUT2D eigenvalue weighted by Gasteiger charge is -2.19. The third-order valence-electron chi connectivity index (χ3n) is 3.07. The summed E-state index contributed by atoms with van der Waals surface area (Å²) < 4.78 is 0. The molecule has 2 aromatic carbocycles. The molecule has 2 unspecified atom stereocenters. The van der Waals surface area contributed by atoms with Gasteiger partial charge in [-0.15, -0.1) is 0 Å². The van der Waals surface area contributed by atoms with Gasteiger partial charge in [0, 0.05) is 5.92 Å². The van der Waals surface area contributed by atoms with Gasteiger partial charge in [0.05, 0.1) is 6.10 Å². The zero-order valence-electron chi connectivity index (χ0n) is 10.5. The van der Waals surface area contributed by atoms with Crippen LogP contribution in [0.2, 0.25) is 0 Å². The molecule has 0 aliphatic heterocycles. The molecule has 2 N–H and O–H groups in total. The van der Waals surface area contributed by atoms with E-state index >= 15 is 0 Å². The smallest absolute Gasteiger partial charge is 0.115 e. The van der Waals surface area contributed by atoms with Crippen molar-refractivity contribution in [1.82, 2.24) is 0 Å². The minimum absolute atomic E-state index is 0.159. The molecule has 0 aliphatic rings. The molecular formula is C16H18O2. The molecule has 0 bridgehead atoms. The number of hydrogen-bond donors (Lipinski definition) is 2. The molecule has 0 saturated heterocycles. The minimum atomic E-state index is -0.357. The third-order valence-corrected chi connectivity index (χ3v) is 3.07. The molecule has 0 radical (unpaired) electrons. The Balaban J connectivity index is 2.33. The normalized spacial score (nSPS) is 14.1. The van der Waals surface area contributed by atoms with E-state index in [-0.39, 0.29) is 17.8 Å². The highest BCUT2D eigenvalue weighted by Gasteiger charge is 2.16. The van der Waals surface area contributed by atoms with Gasteiger partial charge < -0.3 is 10.2 Å². The van der Waals surface area contributed by atoms with E-state index < -0.39 is 0 Å². The molecule has 0 fully saturated rings. The molecule has 2 atom stereocenters. The summed E-state index contributed by atoms with van der Waals surface area (Å²) in [4.78, 5) is 0. The predicted octanol–water partition coefficient (Wildman–Crippen LogP) is 3.30. The fourth-order valence-corrected chi connectivity index (χ4v) is 2.20. The van der Waals surface area contributed by atoms with E-state index in [0.29, 0.717) is 6.42 Å². The molecule has 0 saturated carbocycles. The van der Waals surface area contributed by atoms with Crippen LogP contribution in [0, 0.1) is 0 Å². The van der Waals surface area contributed by atoms with Crippen LogP contribution in [0.15, 0.2) is 54.6 Å². The molecule has 0 amide bonds. The van der Waals surface area contributed by atoms with Gasteiger partial charge in [0.15, 0.2) is 0 Å². The molecule has 0 spiro atoms. The van der Waals surface area contributed by atoms with Crippen LogP contribution in [0.25, 0.3) is 0 Å². The van der Waals surface area contributed by atoms with Crippen LogP contribution >= 0.6 is 0 Å². The summed E-state index contributed by atoms with van der Waals surface area (Å²) >= 11 is 0. The topological polar surface area (TPSA) is 40.5 Å². The third kappa shape index (κ3) is 3.11. The Morgan fingerprint density at radius 2 is 1.44 bits per heavy atom. The first kappa shape index (κ1) is 12.7. The quantitative estimate of drug-likeness (QED) is 0.863. The van der Waals surface area contributed by atoms with Crippen LogP contribution in [-0.2, 0) is 0 Å². The lowest BCUT2D eigenvalue weighted by atomic mass is 9.87. The van der Waals surface area contributed by atoms with Crippen LogP contribution in [0.3, 0.4) is 0 Å². The standard InChI is InChI=1S/C16H18O2/c1-12(17)11-16(13-5-3-2-4-6-13)14-7-9-15(18)10-8-14/h2-10,12,16-18H,11H2,1H3. The van der Waals surface area contributed by atoms with Gasteiger partial charge in [0.2, 0.25) is 0 Å². The van der Waals surface area contributed by atoms with Crippen molar-refractivity contribution in [2.75, 3.05) is 0 Å². The highest BCUT2D eigenvalue weighted by atomic mass is 16.3. The van der Waals surface area contributed by atoms with Crippen molar-refractivity contribution in [2.45, 2.75) is 25.4 Å². The van der Waals surface area contributed by atoms with E-state index in [0.717, 1.165) is 5.56 Å². The second kappa shape index (κ2) is 5.69. The van der Waals surface area contributed by atoms with E-state index in [1.165, 1.54) is 5.56 Å². The largest absolute Gasteiger partial charge is 0.508 e. The molecule has 0 aliphatic carbocycles. The average molecular weight is 242 g/mol. The Labute approximate surface area is 108 Å². The number of aliphatic hydroxyl groups is 1. The van der Waals surface area contributed by atoms with E-state index in [1.807, 2.05) is 30.3 Å². The molecule has 0 heterocycles. The minimum Gasteiger partial charge on any atom is -0.508 e. The van der Waals surface area contributed by atoms with Crippen molar-refractivity contribution in [3.8, 4) is 5.75 Å². The van der Waals surface area contributed by atoms with Gasteiger partial charge in [-0.1, -0.05) is 42.5 Å². The molecule has 18 heavy (non-hydrogen) atoms. The first-order valence-electron chi connectivity index (χ1n) is 6.19. The summed E-state index contributed by atoms with van der Waals surface area (Å²) in [6.07, 6.45) is 0.318. The molecule has 2 nitrogen and oxygen atoms in total. The number of hydrogen-bond acceptors (Lipinski definition) is 2. The molecule has 2 rings (SSSR count). The van der Waals surface area contributed by atoms with Gasteiger partial charge in [0.1, 0.15) is 5.75 Å². The van der Waals surface area contributed by atoms with Gasteiger partial charge in [-0.25, -0.2) is 0 Å². The molecule has 2 aromatic rings. The summed E-state index contributed by atoms with van der Waals surface area (Å²) in [5.74, 6) is 0.425.